The van der Waals surface area contributed by atoms with Gasteiger partial charge in [0, 0.05) is 24.6 Å². The summed E-state index contributed by atoms with van der Waals surface area (Å²) in [5.74, 6) is 0.0365. The van der Waals surface area contributed by atoms with Crippen LogP contribution in [0.1, 0.15) is 51.5 Å². The van der Waals surface area contributed by atoms with Crippen molar-refractivity contribution in [3.05, 3.63) is 29.8 Å². The van der Waals surface area contributed by atoms with Crippen LogP contribution in [-0.2, 0) is 16.1 Å². The minimum Gasteiger partial charge on any atom is -0.352 e. The summed E-state index contributed by atoms with van der Waals surface area (Å²) in [5.41, 5.74) is 7.23. The van der Waals surface area contributed by atoms with E-state index in [9.17, 15) is 9.59 Å². The van der Waals surface area contributed by atoms with Gasteiger partial charge in [0.2, 0.25) is 11.8 Å². The van der Waals surface area contributed by atoms with Crippen LogP contribution in [0.3, 0.4) is 0 Å². The molecular weight excluding hydrogens is 290 g/mol. The lowest BCUT2D eigenvalue weighted by Gasteiger charge is -2.09. The number of hydrogen-bond donors (Lipinski definition) is 3. The monoisotopic (exact) mass is 319 g/mol. The lowest BCUT2D eigenvalue weighted by molar-refractivity contribution is -0.121. The number of anilines is 1. The first-order valence-electron chi connectivity index (χ1n) is 8.39. The summed E-state index contributed by atoms with van der Waals surface area (Å²) < 4.78 is 0. The van der Waals surface area contributed by atoms with E-state index in [1.807, 2.05) is 38.1 Å². The van der Waals surface area contributed by atoms with Crippen molar-refractivity contribution in [3.63, 3.8) is 0 Å². The van der Waals surface area contributed by atoms with Crippen LogP contribution in [0.25, 0.3) is 0 Å². The third-order valence-electron chi connectivity index (χ3n) is 3.59. The van der Waals surface area contributed by atoms with Gasteiger partial charge in [-0.1, -0.05) is 38.8 Å². The Morgan fingerprint density at radius 3 is 2.30 bits per heavy atom. The van der Waals surface area contributed by atoms with Crippen molar-refractivity contribution in [2.75, 3.05) is 11.9 Å². The Kier molecular flexibility index (Phi) is 8.98. The van der Waals surface area contributed by atoms with Crippen molar-refractivity contribution < 1.29 is 9.59 Å². The average Bonchev–Trinajstić information content (AvgIpc) is 2.54. The Balaban J connectivity index is 2.27. The molecule has 0 unspecified atom stereocenters. The molecular formula is C18H29N3O2. The minimum absolute atomic E-state index is 0.000637. The maximum Gasteiger partial charge on any atom is 0.226 e. The van der Waals surface area contributed by atoms with Crippen molar-refractivity contribution in [2.45, 2.75) is 52.5 Å². The number of nitrogens with two attached hydrogens (primary N) is 1. The van der Waals surface area contributed by atoms with Gasteiger partial charge in [-0.2, -0.15) is 0 Å². The van der Waals surface area contributed by atoms with Gasteiger partial charge in [0.05, 0.1) is 0 Å². The number of unbranched alkanes of at least 4 members (excludes halogenated alkanes) is 3. The summed E-state index contributed by atoms with van der Waals surface area (Å²) >= 11 is 0. The number of amides is 2. The normalized spacial score (nSPS) is 10.6. The molecule has 0 radical (unpaired) electrons. The average molecular weight is 319 g/mol. The predicted octanol–water partition coefficient (Wildman–Crippen LogP) is 2.81. The molecule has 23 heavy (non-hydrogen) atoms. The fraction of sp³-hybridized carbons (Fsp3) is 0.556. The van der Waals surface area contributed by atoms with Gasteiger partial charge in [-0.05, 0) is 37.1 Å². The van der Waals surface area contributed by atoms with Crippen LogP contribution >= 0.6 is 0 Å². The van der Waals surface area contributed by atoms with E-state index in [0.717, 1.165) is 43.5 Å². The molecule has 0 fully saturated rings. The molecule has 2 amide bonds. The van der Waals surface area contributed by atoms with E-state index < -0.39 is 0 Å². The second-order valence-electron chi connectivity index (χ2n) is 6.07. The first-order chi connectivity index (χ1) is 11.0. The van der Waals surface area contributed by atoms with Crippen molar-refractivity contribution in [1.29, 1.82) is 0 Å². The quantitative estimate of drug-likeness (QED) is 0.580. The SMILES string of the molecule is CC(C)C(=O)Nc1ccc(CNC(=O)CCCCCCN)cc1. The van der Waals surface area contributed by atoms with Crippen LogP contribution in [0.4, 0.5) is 5.69 Å². The molecule has 0 aliphatic heterocycles. The fourth-order valence-corrected chi connectivity index (χ4v) is 2.07. The highest BCUT2D eigenvalue weighted by Gasteiger charge is 2.07. The zero-order valence-electron chi connectivity index (χ0n) is 14.2. The molecule has 128 valence electrons. The van der Waals surface area contributed by atoms with Crippen LogP contribution in [-0.4, -0.2) is 18.4 Å². The van der Waals surface area contributed by atoms with E-state index in [1.54, 1.807) is 0 Å². The Morgan fingerprint density at radius 2 is 1.70 bits per heavy atom. The standard InChI is InChI=1S/C18H29N3O2/c1-14(2)18(23)21-16-10-8-15(9-11-16)13-20-17(22)7-5-3-4-6-12-19/h8-11,14H,3-7,12-13,19H2,1-2H3,(H,20,22)(H,21,23). The van der Waals surface area contributed by atoms with Gasteiger partial charge < -0.3 is 16.4 Å². The van der Waals surface area contributed by atoms with Crippen molar-refractivity contribution in [2.24, 2.45) is 11.7 Å². The first kappa shape index (κ1) is 19.2. The topological polar surface area (TPSA) is 84.2 Å². The molecule has 1 rings (SSSR count). The third-order valence-corrected chi connectivity index (χ3v) is 3.59. The molecule has 0 saturated carbocycles. The van der Waals surface area contributed by atoms with E-state index in [-0.39, 0.29) is 17.7 Å². The maximum atomic E-state index is 11.7. The summed E-state index contributed by atoms with van der Waals surface area (Å²) in [7, 11) is 0. The van der Waals surface area contributed by atoms with Crippen LogP contribution in [0.2, 0.25) is 0 Å². The summed E-state index contributed by atoms with van der Waals surface area (Å²) in [6.07, 6.45) is 4.64. The summed E-state index contributed by atoms with van der Waals surface area (Å²) in [6.45, 7) is 4.95. The number of nitrogens with one attached hydrogen (secondary N) is 2. The summed E-state index contributed by atoms with van der Waals surface area (Å²) in [6, 6.07) is 7.54. The van der Waals surface area contributed by atoms with Gasteiger partial charge in [0.25, 0.3) is 0 Å². The number of carbonyl (C=O) groups is 2. The molecule has 0 heterocycles. The number of rotatable bonds is 10. The fourth-order valence-electron chi connectivity index (χ4n) is 2.07. The molecule has 1 aromatic carbocycles. The Morgan fingerprint density at radius 1 is 1.04 bits per heavy atom. The van der Waals surface area contributed by atoms with Gasteiger partial charge >= 0.3 is 0 Å². The number of benzene rings is 1. The van der Waals surface area contributed by atoms with Crippen molar-refractivity contribution in [3.8, 4) is 0 Å². The maximum absolute atomic E-state index is 11.7. The third kappa shape index (κ3) is 8.35. The molecule has 4 N–H and O–H groups in total. The number of hydrogen-bond acceptors (Lipinski definition) is 3. The highest BCUT2D eigenvalue weighted by molar-refractivity contribution is 5.92. The van der Waals surface area contributed by atoms with Crippen LogP contribution in [0, 0.1) is 5.92 Å². The van der Waals surface area contributed by atoms with Gasteiger partial charge in [0.15, 0.2) is 0 Å². The van der Waals surface area contributed by atoms with E-state index in [1.165, 1.54) is 0 Å². The van der Waals surface area contributed by atoms with Gasteiger partial charge in [-0.15, -0.1) is 0 Å². The van der Waals surface area contributed by atoms with Gasteiger partial charge in [-0.3, -0.25) is 9.59 Å². The largest absolute Gasteiger partial charge is 0.352 e. The van der Waals surface area contributed by atoms with E-state index in [4.69, 9.17) is 5.73 Å². The zero-order valence-corrected chi connectivity index (χ0v) is 14.2. The second-order valence-corrected chi connectivity index (χ2v) is 6.07. The molecule has 0 saturated heterocycles. The Hall–Kier alpha value is -1.88. The van der Waals surface area contributed by atoms with Crippen LogP contribution in [0.5, 0.6) is 0 Å². The Bertz CT molecular complexity index is 484. The molecule has 1 aromatic rings. The molecule has 5 heteroatoms. The van der Waals surface area contributed by atoms with Crippen LogP contribution in [0.15, 0.2) is 24.3 Å². The molecule has 0 spiro atoms. The highest BCUT2D eigenvalue weighted by Crippen LogP contribution is 2.11. The number of carbonyl (C=O) groups excluding carboxylic acids is 2. The smallest absolute Gasteiger partial charge is 0.226 e. The Labute approximate surface area is 139 Å². The summed E-state index contributed by atoms with van der Waals surface area (Å²) in [5, 5.41) is 5.76. The lowest BCUT2D eigenvalue weighted by atomic mass is 10.1. The molecule has 0 aliphatic rings. The lowest BCUT2D eigenvalue weighted by Crippen LogP contribution is -2.22. The van der Waals surface area contributed by atoms with E-state index >= 15 is 0 Å². The van der Waals surface area contributed by atoms with E-state index in [0.29, 0.717) is 13.0 Å². The molecule has 5 nitrogen and oxygen atoms in total. The van der Waals surface area contributed by atoms with Crippen molar-refractivity contribution in [1.82, 2.24) is 5.32 Å². The van der Waals surface area contributed by atoms with Gasteiger partial charge in [0.1, 0.15) is 0 Å². The molecule has 0 aliphatic carbocycles. The molecule has 0 aromatic heterocycles. The molecule has 0 atom stereocenters. The van der Waals surface area contributed by atoms with Crippen LogP contribution < -0.4 is 16.4 Å². The minimum atomic E-state index is -0.0428. The second kappa shape index (κ2) is 10.8. The highest BCUT2D eigenvalue weighted by atomic mass is 16.2. The van der Waals surface area contributed by atoms with Crippen molar-refractivity contribution >= 4 is 17.5 Å². The van der Waals surface area contributed by atoms with E-state index in [2.05, 4.69) is 10.6 Å². The first-order valence-corrected chi connectivity index (χ1v) is 8.39. The molecule has 0 bridgehead atoms. The predicted molar refractivity (Wildman–Crippen MR) is 93.9 cm³/mol. The summed E-state index contributed by atoms with van der Waals surface area (Å²) in [4.78, 5) is 23.3. The zero-order chi connectivity index (χ0) is 17.1. The van der Waals surface area contributed by atoms with Gasteiger partial charge in [-0.25, -0.2) is 0 Å².